The Bertz CT molecular complexity index is 857. The van der Waals surface area contributed by atoms with Gasteiger partial charge in [-0.1, -0.05) is 30.3 Å². The molecule has 0 radical (unpaired) electrons. The number of ether oxygens (including phenoxy) is 1. The normalized spacial score (nSPS) is 17.3. The number of hydrogen-bond donors (Lipinski definition) is 2. The third kappa shape index (κ3) is 5.39. The molecule has 0 amide bonds. The first kappa shape index (κ1) is 20.0. The van der Waals surface area contributed by atoms with E-state index in [-0.39, 0.29) is 6.10 Å². The van der Waals surface area contributed by atoms with Gasteiger partial charge in [0.2, 0.25) is 10.0 Å². The van der Waals surface area contributed by atoms with Gasteiger partial charge in [-0.05, 0) is 61.1 Å². The minimum absolute atomic E-state index is 0.00618. The van der Waals surface area contributed by atoms with Gasteiger partial charge in [-0.2, -0.15) is 0 Å². The standard InChI is InChI=1S/C21H28N2O3S/c1-16-5-3-6-19(17(16)2)14-22-13-18-8-10-21(11-9-18)27(24,25)23-15-20-7-4-12-26-20/h3,5-6,8-11,20,22-23H,4,7,12-15H2,1-2H3. The van der Waals surface area contributed by atoms with Crippen LogP contribution in [0, 0.1) is 13.8 Å². The highest BCUT2D eigenvalue weighted by Crippen LogP contribution is 2.15. The fourth-order valence-corrected chi connectivity index (χ4v) is 4.29. The molecule has 6 heteroatoms. The van der Waals surface area contributed by atoms with Crippen LogP contribution in [0.2, 0.25) is 0 Å². The lowest BCUT2D eigenvalue weighted by atomic mass is 10.0. The van der Waals surface area contributed by atoms with E-state index < -0.39 is 10.0 Å². The summed E-state index contributed by atoms with van der Waals surface area (Å²) in [4.78, 5) is 0.291. The highest BCUT2D eigenvalue weighted by atomic mass is 32.2. The highest BCUT2D eigenvalue weighted by molar-refractivity contribution is 7.89. The van der Waals surface area contributed by atoms with Gasteiger partial charge in [0, 0.05) is 26.2 Å². The molecule has 0 bridgehead atoms. The highest BCUT2D eigenvalue weighted by Gasteiger charge is 2.20. The number of nitrogens with one attached hydrogen (secondary N) is 2. The third-order valence-corrected chi connectivity index (χ3v) is 6.56. The summed E-state index contributed by atoms with van der Waals surface area (Å²) in [6.45, 7) is 6.78. The van der Waals surface area contributed by atoms with E-state index in [1.807, 2.05) is 12.1 Å². The van der Waals surface area contributed by atoms with Gasteiger partial charge in [0.25, 0.3) is 0 Å². The van der Waals surface area contributed by atoms with Crippen LogP contribution in [-0.2, 0) is 27.8 Å². The molecule has 2 aromatic carbocycles. The molecule has 2 aromatic rings. The summed E-state index contributed by atoms with van der Waals surface area (Å²) in [6, 6.07) is 13.4. The van der Waals surface area contributed by atoms with Gasteiger partial charge in [0.05, 0.1) is 11.0 Å². The van der Waals surface area contributed by atoms with Crippen molar-refractivity contribution in [1.29, 1.82) is 0 Å². The first-order valence-corrected chi connectivity index (χ1v) is 10.9. The Kier molecular flexibility index (Phi) is 6.65. The zero-order chi connectivity index (χ0) is 19.3. The molecule has 1 fully saturated rings. The molecule has 3 rings (SSSR count). The van der Waals surface area contributed by atoms with Crippen LogP contribution >= 0.6 is 0 Å². The van der Waals surface area contributed by atoms with E-state index in [0.29, 0.717) is 18.0 Å². The molecule has 1 heterocycles. The van der Waals surface area contributed by atoms with Crippen molar-refractivity contribution in [2.45, 2.75) is 50.8 Å². The Balaban J connectivity index is 1.52. The van der Waals surface area contributed by atoms with Crippen LogP contribution in [0.1, 0.15) is 35.1 Å². The summed E-state index contributed by atoms with van der Waals surface area (Å²) in [6.07, 6.45) is 1.90. The first-order chi connectivity index (χ1) is 13.0. The maximum absolute atomic E-state index is 12.4. The predicted molar refractivity (Wildman–Crippen MR) is 107 cm³/mol. The molecular weight excluding hydrogens is 360 g/mol. The predicted octanol–water partition coefficient (Wildman–Crippen LogP) is 3.05. The molecule has 1 aliphatic rings. The summed E-state index contributed by atoms with van der Waals surface area (Å²) >= 11 is 0. The smallest absolute Gasteiger partial charge is 0.240 e. The Morgan fingerprint density at radius 2 is 1.85 bits per heavy atom. The number of hydrogen-bond acceptors (Lipinski definition) is 4. The van der Waals surface area contributed by atoms with E-state index in [2.05, 4.69) is 42.1 Å². The summed E-state index contributed by atoms with van der Waals surface area (Å²) in [7, 11) is -3.49. The van der Waals surface area contributed by atoms with Crippen molar-refractivity contribution < 1.29 is 13.2 Å². The lowest BCUT2D eigenvalue weighted by molar-refractivity contribution is 0.114. The molecule has 0 saturated carbocycles. The minimum atomic E-state index is -3.49. The molecule has 146 valence electrons. The average molecular weight is 389 g/mol. The summed E-state index contributed by atoms with van der Waals surface area (Å²) < 4.78 is 32.9. The van der Waals surface area contributed by atoms with E-state index >= 15 is 0 Å². The second-order valence-corrected chi connectivity index (χ2v) is 8.86. The molecule has 5 nitrogen and oxygen atoms in total. The molecule has 1 unspecified atom stereocenters. The largest absolute Gasteiger partial charge is 0.377 e. The SMILES string of the molecule is Cc1cccc(CNCc2ccc(S(=O)(=O)NCC3CCCO3)cc2)c1C. The zero-order valence-corrected chi connectivity index (χ0v) is 16.8. The third-order valence-electron chi connectivity index (χ3n) is 5.12. The van der Waals surface area contributed by atoms with Crippen LogP contribution in [0.3, 0.4) is 0 Å². The van der Waals surface area contributed by atoms with Crippen LogP contribution < -0.4 is 10.0 Å². The maximum atomic E-state index is 12.4. The molecule has 0 spiro atoms. The lowest BCUT2D eigenvalue weighted by Gasteiger charge is -2.12. The number of benzene rings is 2. The number of aryl methyl sites for hydroxylation is 1. The van der Waals surface area contributed by atoms with Crippen molar-refractivity contribution in [3.05, 3.63) is 64.7 Å². The zero-order valence-electron chi connectivity index (χ0n) is 16.0. The fraction of sp³-hybridized carbons (Fsp3) is 0.429. The molecule has 1 saturated heterocycles. The van der Waals surface area contributed by atoms with Crippen molar-refractivity contribution in [2.24, 2.45) is 0 Å². The quantitative estimate of drug-likeness (QED) is 0.729. The monoisotopic (exact) mass is 388 g/mol. The van der Waals surface area contributed by atoms with Gasteiger partial charge in [-0.15, -0.1) is 0 Å². The topological polar surface area (TPSA) is 67.4 Å². The Morgan fingerprint density at radius 3 is 2.56 bits per heavy atom. The van der Waals surface area contributed by atoms with Gasteiger partial charge < -0.3 is 10.1 Å². The van der Waals surface area contributed by atoms with Crippen LogP contribution in [0.25, 0.3) is 0 Å². The van der Waals surface area contributed by atoms with Gasteiger partial charge in [0.15, 0.2) is 0 Å². The Hall–Kier alpha value is -1.73. The molecule has 1 aliphatic heterocycles. The van der Waals surface area contributed by atoms with Gasteiger partial charge >= 0.3 is 0 Å². The van der Waals surface area contributed by atoms with Gasteiger partial charge in [-0.25, -0.2) is 13.1 Å². The van der Waals surface area contributed by atoms with Crippen LogP contribution in [0.5, 0.6) is 0 Å². The second kappa shape index (κ2) is 8.97. The summed E-state index contributed by atoms with van der Waals surface area (Å²) in [5.41, 5.74) is 4.94. The maximum Gasteiger partial charge on any atom is 0.240 e. The second-order valence-electron chi connectivity index (χ2n) is 7.09. The van der Waals surface area contributed by atoms with Crippen molar-refractivity contribution in [1.82, 2.24) is 10.0 Å². The Morgan fingerprint density at radius 1 is 1.07 bits per heavy atom. The van der Waals surface area contributed by atoms with Crippen molar-refractivity contribution >= 4 is 10.0 Å². The van der Waals surface area contributed by atoms with Crippen LogP contribution in [0.4, 0.5) is 0 Å². The molecule has 27 heavy (non-hydrogen) atoms. The van der Waals surface area contributed by atoms with Gasteiger partial charge in [0.1, 0.15) is 0 Å². The molecule has 1 atom stereocenters. The molecule has 2 N–H and O–H groups in total. The molecular formula is C21H28N2O3S. The van der Waals surface area contributed by atoms with E-state index in [0.717, 1.165) is 31.6 Å². The number of sulfonamides is 1. The van der Waals surface area contributed by atoms with Crippen molar-refractivity contribution in [3.8, 4) is 0 Å². The van der Waals surface area contributed by atoms with E-state index in [1.165, 1.54) is 16.7 Å². The number of rotatable bonds is 8. The van der Waals surface area contributed by atoms with Crippen LogP contribution in [-0.4, -0.2) is 27.7 Å². The molecule has 0 aliphatic carbocycles. The minimum Gasteiger partial charge on any atom is -0.377 e. The first-order valence-electron chi connectivity index (χ1n) is 9.42. The summed E-state index contributed by atoms with van der Waals surface area (Å²) in [5.74, 6) is 0. The molecule has 0 aromatic heterocycles. The van der Waals surface area contributed by atoms with Crippen molar-refractivity contribution in [3.63, 3.8) is 0 Å². The van der Waals surface area contributed by atoms with Gasteiger partial charge in [-0.3, -0.25) is 0 Å². The van der Waals surface area contributed by atoms with E-state index in [4.69, 9.17) is 4.74 Å². The van der Waals surface area contributed by atoms with Crippen LogP contribution in [0.15, 0.2) is 47.4 Å². The van der Waals surface area contributed by atoms with Crippen molar-refractivity contribution in [2.75, 3.05) is 13.2 Å². The van der Waals surface area contributed by atoms with E-state index in [1.54, 1.807) is 12.1 Å². The average Bonchev–Trinajstić information content (AvgIpc) is 3.18. The van der Waals surface area contributed by atoms with E-state index in [9.17, 15) is 8.42 Å². The fourth-order valence-electron chi connectivity index (χ4n) is 3.22. The Labute approximate surface area is 162 Å². The summed E-state index contributed by atoms with van der Waals surface area (Å²) in [5, 5.41) is 3.42. The lowest BCUT2D eigenvalue weighted by Crippen LogP contribution is -2.31.